The number of methoxy groups -OCH3 is 1. The normalized spacial score (nSPS) is 20.6. The molecule has 2 aliphatic rings. The zero-order valence-corrected chi connectivity index (χ0v) is 22.0. The summed E-state index contributed by atoms with van der Waals surface area (Å²) < 4.78 is 25.5. The maximum atomic E-state index is 14.9. The predicted molar refractivity (Wildman–Crippen MR) is 140 cm³/mol. The Hall–Kier alpha value is -3.58. The number of rotatable bonds is 7. The number of urea groups is 1. The van der Waals surface area contributed by atoms with Crippen molar-refractivity contribution in [2.45, 2.75) is 44.2 Å². The van der Waals surface area contributed by atoms with Gasteiger partial charge in [-0.25, -0.2) is 23.9 Å². The predicted octanol–water partition coefficient (Wildman–Crippen LogP) is 2.74. The van der Waals surface area contributed by atoms with Gasteiger partial charge in [0.25, 0.3) is 0 Å². The van der Waals surface area contributed by atoms with Gasteiger partial charge in [-0.15, -0.1) is 0 Å². The summed E-state index contributed by atoms with van der Waals surface area (Å²) in [6.07, 6.45) is 3.00. The van der Waals surface area contributed by atoms with E-state index in [2.05, 4.69) is 30.5 Å². The van der Waals surface area contributed by atoms with Crippen LogP contribution in [0.3, 0.4) is 0 Å². The number of carbonyl (C=O) groups excluding carboxylic acids is 2. The smallest absolute Gasteiger partial charge is 0.413 e. The second-order valence-electron chi connectivity index (χ2n) is 9.62. The monoisotopic (exact) mass is 530 g/mol. The first-order chi connectivity index (χ1) is 18.3. The van der Waals surface area contributed by atoms with Gasteiger partial charge in [0.05, 0.1) is 12.6 Å². The van der Waals surface area contributed by atoms with Gasteiger partial charge in [0.1, 0.15) is 23.9 Å². The molecule has 2 aromatic rings. The first-order valence-corrected chi connectivity index (χ1v) is 12.7. The van der Waals surface area contributed by atoms with Crippen LogP contribution in [0.4, 0.5) is 31.6 Å². The fourth-order valence-corrected chi connectivity index (χ4v) is 4.51. The van der Waals surface area contributed by atoms with Crippen molar-refractivity contribution in [3.05, 3.63) is 36.2 Å². The van der Waals surface area contributed by atoms with E-state index in [1.165, 1.54) is 11.1 Å². The molecular weight excluding hydrogens is 495 g/mol. The Balaban J connectivity index is 1.34. The Labute approximate surface area is 221 Å². The van der Waals surface area contributed by atoms with Crippen LogP contribution in [-0.2, 0) is 16.1 Å². The van der Waals surface area contributed by atoms with Crippen molar-refractivity contribution in [1.82, 2.24) is 24.8 Å². The van der Waals surface area contributed by atoms with Crippen LogP contribution < -0.4 is 15.5 Å². The number of carbonyl (C=O) groups is 2. The van der Waals surface area contributed by atoms with E-state index in [0.29, 0.717) is 30.7 Å². The number of aromatic nitrogens is 3. The van der Waals surface area contributed by atoms with E-state index in [1.807, 2.05) is 7.05 Å². The summed E-state index contributed by atoms with van der Waals surface area (Å²) in [6.45, 7) is 2.74. The first kappa shape index (κ1) is 27.5. The molecule has 2 fully saturated rings. The number of amides is 3. The summed E-state index contributed by atoms with van der Waals surface area (Å²) in [5, 5.41) is 5.37. The van der Waals surface area contributed by atoms with Gasteiger partial charge in [0.15, 0.2) is 0 Å². The fourth-order valence-electron chi connectivity index (χ4n) is 4.51. The number of nitrogens with zero attached hydrogens (tertiary/aromatic N) is 6. The summed E-state index contributed by atoms with van der Waals surface area (Å²) in [5.41, 5.74) is 0.873. The molecule has 2 aliphatic heterocycles. The minimum Gasteiger partial charge on any atom is -0.446 e. The van der Waals surface area contributed by atoms with Crippen LogP contribution in [0.15, 0.2) is 30.6 Å². The molecule has 13 heteroatoms. The highest BCUT2D eigenvalue weighted by Gasteiger charge is 2.35. The molecule has 0 bridgehead atoms. The zero-order chi connectivity index (χ0) is 27.1. The van der Waals surface area contributed by atoms with E-state index in [4.69, 9.17) is 9.47 Å². The summed E-state index contributed by atoms with van der Waals surface area (Å²) in [7, 11) is 5.18. The molecule has 2 saturated heterocycles. The number of hydrogen-bond acceptors (Lipinski definition) is 9. The van der Waals surface area contributed by atoms with Crippen LogP contribution in [0.2, 0.25) is 0 Å². The number of hydrogen-bond donors (Lipinski definition) is 2. The molecule has 0 unspecified atom stereocenters. The molecule has 0 spiro atoms. The first-order valence-electron chi connectivity index (χ1n) is 12.7. The summed E-state index contributed by atoms with van der Waals surface area (Å²) >= 11 is 0. The average molecular weight is 531 g/mol. The highest BCUT2D eigenvalue weighted by atomic mass is 19.1. The maximum absolute atomic E-state index is 14.9. The Morgan fingerprint density at radius 2 is 1.89 bits per heavy atom. The number of likely N-dealkylation sites (tertiary alicyclic amines) is 1. The molecule has 2 aromatic heterocycles. The SMILES string of the molecule is COCc1ccc(NC(=O)N(C)[C@H]2CN(c3nccc(NC(=O)OC4CCN(C)CC4)n3)CC[C@H]2F)nc1. The molecule has 12 nitrogen and oxygen atoms in total. The molecular formula is C25H35FN8O4. The Kier molecular flexibility index (Phi) is 9.24. The van der Waals surface area contributed by atoms with Crippen molar-refractivity contribution in [3.63, 3.8) is 0 Å². The summed E-state index contributed by atoms with van der Waals surface area (Å²) in [5.74, 6) is 0.989. The molecule has 3 amide bonds. The Morgan fingerprint density at radius 1 is 1.11 bits per heavy atom. The number of anilines is 3. The van der Waals surface area contributed by atoms with E-state index in [0.717, 1.165) is 31.5 Å². The number of halogens is 1. The van der Waals surface area contributed by atoms with Gasteiger partial charge < -0.3 is 24.2 Å². The van der Waals surface area contributed by atoms with E-state index in [9.17, 15) is 14.0 Å². The summed E-state index contributed by atoms with van der Waals surface area (Å²) in [6, 6.07) is 3.84. The van der Waals surface area contributed by atoms with Gasteiger partial charge in [0, 0.05) is 52.7 Å². The van der Waals surface area contributed by atoms with Crippen molar-refractivity contribution >= 4 is 29.7 Å². The minimum absolute atomic E-state index is 0.128. The van der Waals surface area contributed by atoms with Gasteiger partial charge in [-0.2, -0.15) is 4.98 Å². The van der Waals surface area contributed by atoms with E-state index in [1.54, 1.807) is 43.5 Å². The number of piperidine rings is 2. The van der Waals surface area contributed by atoms with Crippen LogP contribution in [0.1, 0.15) is 24.8 Å². The fraction of sp³-hybridized carbons (Fsp3) is 0.560. The number of nitrogens with one attached hydrogen (secondary N) is 2. The number of pyridine rings is 1. The standard InChI is InChI=1S/C25H35FN8O4/c1-32-11-7-18(8-12-32)38-25(36)31-22-6-10-27-23(29-22)34-13-9-19(26)20(15-34)33(2)24(35)30-21-5-4-17(14-28-21)16-37-3/h4-6,10,14,18-20H,7-9,11-13,15-16H2,1-3H3,(H,28,30,35)(H,27,29,31,36)/t19-,20+/m1/s1. The molecule has 2 atom stereocenters. The number of ether oxygens (including phenoxy) is 2. The van der Waals surface area contributed by atoms with Crippen molar-refractivity contribution < 1.29 is 23.5 Å². The van der Waals surface area contributed by atoms with Crippen LogP contribution >= 0.6 is 0 Å². The largest absolute Gasteiger partial charge is 0.446 e. The molecule has 0 saturated carbocycles. The van der Waals surface area contributed by atoms with Crippen molar-refractivity contribution in [2.24, 2.45) is 0 Å². The van der Waals surface area contributed by atoms with Crippen LogP contribution in [0.5, 0.6) is 0 Å². The molecule has 38 heavy (non-hydrogen) atoms. The highest BCUT2D eigenvalue weighted by molar-refractivity contribution is 5.88. The lowest BCUT2D eigenvalue weighted by molar-refractivity contribution is 0.0661. The van der Waals surface area contributed by atoms with Crippen LogP contribution in [0.25, 0.3) is 0 Å². The Bertz CT molecular complexity index is 1080. The lowest BCUT2D eigenvalue weighted by Crippen LogP contribution is -2.55. The third-order valence-corrected chi connectivity index (χ3v) is 6.78. The molecule has 0 aromatic carbocycles. The third kappa shape index (κ3) is 7.25. The highest BCUT2D eigenvalue weighted by Crippen LogP contribution is 2.23. The van der Waals surface area contributed by atoms with Crippen molar-refractivity contribution in [2.75, 3.05) is 62.9 Å². The quantitative estimate of drug-likeness (QED) is 0.556. The summed E-state index contributed by atoms with van der Waals surface area (Å²) in [4.78, 5) is 43.5. The number of alkyl halides is 1. The molecule has 4 rings (SSSR count). The van der Waals surface area contributed by atoms with Crippen molar-refractivity contribution in [1.29, 1.82) is 0 Å². The van der Waals surface area contributed by atoms with Gasteiger partial charge >= 0.3 is 12.1 Å². The van der Waals surface area contributed by atoms with Gasteiger partial charge in [-0.05, 0) is 44.0 Å². The zero-order valence-electron chi connectivity index (χ0n) is 22.0. The lowest BCUT2D eigenvalue weighted by atomic mass is 10.0. The van der Waals surface area contributed by atoms with E-state index in [-0.39, 0.29) is 19.1 Å². The van der Waals surface area contributed by atoms with E-state index < -0.39 is 24.3 Å². The topological polar surface area (TPSA) is 125 Å². The average Bonchev–Trinajstić information content (AvgIpc) is 2.91. The molecule has 0 radical (unpaired) electrons. The van der Waals surface area contributed by atoms with Crippen LogP contribution in [-0.4, -0.2) is 103 Å². The number of likely N-dealkylation sites (N-methyl/N-ethyl adjacent to an activating group) is 1. The molecule has 0 aliphatic carbocycles. The Morgan fingerprint density at radius 3 is 2.61 bits per heavy atom. The van der Waals surface area contributed by atoms with Gasteiger partial charge in [0.2, 0.25) is 5.95 Å². The minimum atomic E-state index is -1.22. The second kappa shape index (κ2) is 12.8. The van der Waals surface area contributed by atoms with Crippen LogP contribution in [0, 0.1) is 0 Å². The molecule has 4 heterocycles. The maximum Gasteiger partial charge on any atom is 0.413 e. The molecule has 206 valence electrons. The lowest BCUT2D eigenvalue weighted by Gasteiger charge is -2.39. The molecule has 2 N–H and O–H groups in total. The van der Waals surface area contributed by atoms with E-state index >= 15 is 0 Å². The second-order valence-corrected chi connectivity index (χ2v) is 9.62. The third-order valence-electron chi connectivity index (χ3n) is 6.78. The van der Waals surface area contributed by atoms with Gasteiger partial charge in [-0.1, -0.05) is 6.07 Å². The van der Waals surface area contributed by atoms with Crippen molar-refractivity contribution in [3.8, 4) is 0 Å². The van der Waals surface area contributed by atoms with Gasteiger partial charge in [-0.3, -0.25) is 10.6 Å².